The summed E-state index contributed by atoms with van der Waals surface area (Å²) < 4.78 is 47.4. The van der Waals surface area contributed by atoms with Gasteiger partial charge in [-0.3, -0.25) is 14.4 Å². The molecule has 4 bridgehead atoms. The number of benzene rings is 1. The van der Waals surface area contributed by atoms with E-state index in [0.717, 1.165) is 11.6 Å². The molecule has 0 amide bonds. The van der Waals surface area contributed by atoms with E-state index in [4.69, 9.17) is 37.9 Å². The van der Waals surface area contributed by atoms with Crippen molar-refractivity contribution in [2.45, 2.75) is 148 Å². The molecule has 9 atom stereocenters. The number of fused-ring (bicyclic) bond motifs is 4. The van der Waals surface area contributed by atoms with Crippen molar-refractivity contribution >= 4 is 23.9 Å². The number of esters is 4. The van der Waals surface area contributed by atoms with E-state index in [2.05, 4.69) is 0 Å². The molecule has 3 aliphatic heterocycles. The van der Waals surface area contributed by atoms with Gasteiger partial charge in [-0.25, -0.2) is 4.79 Å². The molecule has 15 heteroatoms. The Balaban J connectivity index is 1.79. The van der Waals surface area contributed by atoms with Crippen LogP contribution in [0.1, 0.15) is 92.1 Å². The zero-order valence-corrected chi connectivity index (χ0v) is 34.0. The zero-order valence-electron chi connectivity index (χ0n) is 34.0. The normalized spacial score (nSPS) is 32.2. The average Bonchev–Trinajstić information content (AvgIpc) is 3.16. The van der Waals surface area contributed by atoms with E-state index in [1.807, 2.05) is 30.3 Å². The van der Waals surface area contributed by atoms with Crippen LogP contribution in [-0.2, 0) is 63.7 Å². The summed E-state index contributed by atoms with van der Waals surface area (Å²) in [6, 6.07) is 9.33. The summed E-state index contributed by atoms with van der Waals surface area (Å²) in [5.74, 6) is -5.35. The molecule has 0 saturated carbocycles. The molecule has 3 aliphatic rings. The van der Waals surface area contributed by atoms with Gasteiger partial charge in [0.25, 0.3) is 0 Å². The standard InChI is InChI=1S/C42H60O15/c1-8-34(45)56-39-28(19-35(46)50-7)18-31-22-32(26(2)52-24-27-12-10-9-11-13-27)54-36(47)20-29(44)21-37(48)55-33(40(3,4)25-43)23-30-15-17-51-38(53-30)14-16-41(5,6)42(39,49)57-31/h9-14,16,19,26,29-33,38-39,43-44,49H,8,15,17-18,20-25H2,1-7H3/b16-14+,28-19+/t26-,29+,30+,31?,32-,33+,38+,39+,42-/m1/s1. The molecule has 1 aromatic rings. The second-order valence-electron chi connectivity index (χ2n) is 16.2. The van der Waals surface area contributed by atoms with Crippen LogP contribution in [0.2, 0.25) is 0 Å². The molecule has 0 spiro atoms. The fourth-order valence-corrected chi connectivity index (χ4v) is 6.89. The first-order valence-corrected chi connectivity index (χ1v) is 19.6. The number of hydrogen-bond donors (Lipinski definition) is 3. The van der Waals surface area contributed by atoms with E-state index < -0.39 is 102 Å². The van der Waals surface area contributed by atoms with Crippen LogP contribution in [0.25, 0.3) is 0 Å². The lowest BCUT2D eigenvalue weighted by Crippen LogP contribution is -2.62. The number of aliphatic hydroxyl groups is 3. The van der Waals surface area contributed by atoms with Gasteiger partial charge in [0.05, 0.1) is 64.2 Å². The van der Waals surface area contributed by atoms with Crippen LogP contribution in [0.4, 0.5) is 0 Å². The van der Waals surface area contributed by atoms with Gasteiger partial charge in [0.1, 0.15) is 12.2 Å². The molecule has 2 fully saturated rings. The molecule has 0 radical (unpaired) electrons. The molecule has 3 N–H and O–H groups in total. The van der Waals surface area contributed by atoms with E-state index >= 15 is 0 Å². The van der Waals surface area contributed by atoms with Gasteiger partial charge >= 0.3 is 23.9 Å². The number of rotatable bonds is 9. The lowest BCUT2D eigenvalue weighted by atomic mass is 9.74. The number of aliphatic hydroxyl groups excluding tert-OH is 2. The number of cyclic esters (lactones) is 2. The van der Waals surface area contributed by atoms with Crippen LogP contribution in [-0.4, -0.2) is 114 Å². The van der Waals surface area contributed by atoms with E-state index in [-0.39, 0.29) is 51.1 Å². The van der Waals surface area contributed by atoms with Crippen molar-refractivity contribution < 1.29 is 72.4 Å². The second-order valence-corrected chi connectivity index (χ2v) is 16.2. The summed E-state index contributed by atoms with van der Waals surface area (Å²) in [6.07, 6.45) is -4.21. The number of hydrogen-bond acceptors (Lipinski definition) is 15. The van der Waals surface area contributed by atoms with Crippen molar-refractivity contribution in [2.75, 3.05) is 20.3 Å². The minimum atomic E-state index is -2.32. The largest absolute Gasteiger partial charge is 0.466 e. The molecule has 1 aromatic carbocycles. The van der Waals surface area contributed by atoms with Gasteiger partial charge in [-0.2, -0.15) is 0 Å². The zero-order chi connectivity index (χ0) is 42.0. The molecule has 1 unspecified atom stereocenters. The maximum Gasteiger partial charge on any atom is 0.330 e. The van der Waals surface area contributed by atoms with Crippen LogP contribution in [0.5, 0.6) is 0 Å². The number of carbonyl (C=O) groups excluding carboxylic acids is 4. The quantitative estimate of drug-likeness (QED) is 0.140. The minimum absolute atomic E-state index is 0.0353. The molecule has 3 heterocycles. The highest BCUT2D eigenvalue weighted by atomic mass is 16.7. The number of ether oxygens (including phenoxy) is 8. The van der Waals surface area contributed by atoms with E-state index in [1.54, 1.807) is 53.7 Å². The molecule has 57 heavy (non-hydrogen) atoms. The predicted octanol–water partition coefficient (Wildman–Crippen LogP) is 3.98. The Morgan fingerprint density at radius 2 is 1.72 bits per heavy atom. The Morgan fingerprint density at radius 1 is 1.04 bits per heavy atom. The van der Waals surface area contributed by atoms with Crippen LogP contribution in [0, 0.1) is 10.8 Å². The van der Waals surface area contributed by atoms with Crippen molar-refractivity contribution in [3.8, 4) is 0 Å². The van der Waals surface area contributed by atoms with Gasteiger partial charge in [0, 0.05) is 36.2 Å². The first kappa shape index (κ1) is 46.0. The summed E-state index contributed by atoms with van der Waals surface area (Å²) in [5, 5.41) is 33.8. The Morgan fingerprint density at radius 3 is 2.37 bits per heavy atom. The van der Waals surface area contributed by atoms with Crippen molar-refractivity contribution in [1.82, 2.24) is 0 Å². The SMILES string of the molecule is CCC(=O)O[C@H]1/C(=C/C(=O)OC)CC2C[C@H]([C@@H](C)OCc3ccccc3)OC(=O)C[C@H](O)CC(=O)O[C@H](C(C)(C)CO)C[C@@H]3CCO[C@H](/C=C/C(C)(C)[C@]1(O)O2)O3. The van der Waals surface area contributed by atoms with Gasteiger partial charge in [-0.15, -0.1) is 0 Å². The van der Waals surface area contributed by atoms with Crippen molar-refractivity contribution in [2.24, 2.45) is 10.8 Å². The lowest BCUT2D eigenvalue weighted by molar-refractivity contribution is -0.327. The highest BCUT2D eigenvalue weighted by Gasteiger charge is 2.58. The maximum absolute atomic E-state index is 13.5. The molecule has 0 aliphatic carbocycles. The number of carbonyl (C=O) groups is 4. The van der Waals surface area contributed by atoms with Gasteiger partial charge in [0.2, 0.25) is 5.79 Å². The molecule has 318 valence electrons. The molecule has 15 nitrogen and oxygen atoms in total. The Labute approximate surface area is 334 Å². The first-order valence-electron chi connectivity index (χ1n) is 19.6. The van der Waals surface area contributed by atoms with E-state index in [1.165, 1.54) is 7.11 Å². The molecular formula is C42H60O15. The third-order valence-corrected chi connectivity index (χ3v) is 10.7. The fourth-order valence-electron chi connectivity index (χ4n) is 6.89. The van der Waals surface area contributed by atoms with Crippen molar-refractivity contribution in [3.63, 3.8) is 0 Å². The van der Waals surface area contributed by atoms with Crippen LogP contribution in [0.3, 0.4) is 0 Å². The Kier molecular flexibility index (Phi) is 16.4. The third-order valence-electron chi connectivity index (χ3n) is 10.7. The Bertz CT molecular complexity index is 1570. The second kappa shape index (κ2) is 20.3. The van der Waals surface area contributed by atoms with Crippen molar-refractivity contribution in [3.05, 3.63) is 59.7 Å². The summed E-state index contributed by atoms with van der Waals surface area (Å²) in [7, 11) is 1.20. The van der Waals surface area contributed by atoms with E-state index in [9.17, 15) is 34.5 Å². The van der Waals surface area contributed by atoms with Crippen LogP contribution >= 0.6 is 0 Å². The van der Waals surface area contributed by atoms with Crippen molar-refractivity contribution in [1.29, 1.82) is 0 Å². The fraction of sp³-hybridized carbons (Fsp3) is 0.667. The van der Waals surface area contributed by atoms with Gasteiger partial charge < -0.3 is 53.2 Å². The topological polar surface area (TPSA) is 203 Å². The van der Waals surface area contributed by atoms with Crippen LogP contribution in [0.15, 0.2) is 54.1 Å². The van der Waals surface area contributed by atoms with E-state index in [0.29, 0.717) is 6.42 Å². The highest BCUT2D eigenvalue weighted by Crippen LogP contribution is 2.47. The predicted molar refractivity (Wildman–Crippen MR) is 203 cm³/mol. The Hall–Kier alpha value is -3.70. The van der Waals surface area contributed by atoms with Gasteiger partial charge in [-0.05, 0) is 37.0 Å². The average molecular weight is 805 g/mol. The molecule has 0 aromatic heterocycles. The monoisotopic (exact) mass is 804 g/mol. The summed E-state index contributed by atoms with van der Waals surface area (Å²) >= 11 is 0. The van der Waals surface area contributed by atoms with Gasteiger partial charge in [-0.1, -0.05) is 71.0 Å². The molecular weight excluding hydrogens is 744 g/mol. The molecule has 4 rings (SSSR count). The highest BCUT2D eigenvalue weighted by molar-refractivity contribution is 5.83. The molecule has 2 saturated heterocycles. The maximum atomic E-state index is 13.5. The summed E-state index contributed by atoms with van der Waals surface area (Å²) in [6.45, 7) is 10.2. The number of methoxy groups -OCH3 is 1. The lowest BCUT2D eigenvalue weighted by Gasteiger charge is -2.51. The third kappa shape index (κ3) is 12.6. The van der Waals surface area contributed by atoms with Crippen LogP contribution < -0.4 is 0 Å². The summed E-state index contributed by atoms with van der Waals surface area (Å²) in [4.78, 5) is 52.3. The van der Waals surface area contributed by atoms with Gasteiger partial charge in [0.15, 0.2) is 12.4 Å². The smallest absolute Gasteiger partial charge is 0.330 e. The minimum Gasteiger partial charge on any atom is -0.466 e. The summed E-state index contributed by atoms with van der Waals surface area (Å²) in [5.41, 5.74) is -1.22. The first-order chi connectivity index (χ1) is 26.9.